The molecule has 6 heteroatoms. The number of rotatable bonds is 5. The molecule has 1 atom stereocenters. The van der Waals surface area contributed by atoms with Crippen LogP contribution in [-0.2, 0) is 15.6 Å². The monoisotopic (exact) mass is 451 g/mol. The third kappa shape index (κ3) is 4.76. The molecule has 0 saturated carbocycles. The Kier molecular flexibility index (Phi) is 6.20. The third-order valence-electron chi connectivity index (χ3n) is 6.74. The zero-order valence-corrected chi connectivity index (χ0v) is 21.9. The predicted molar refractivity (Wildman–Crippen MR) is 135 cm³/mol. The quantitative estimate of drug-likeness (QED) is 0.617. The van der Waals surface area contributed by atoms with Gasteiger partial charge in [0.05, 0.1) is 23.5 Å². The molecule has 0 aliphatic carbocycles. The Morgan fingerprint density at radius 2 is 1.84 bits per heavy atom. The van der Waals surface area contributed by atoms with Gasteiger partial charge in [-0.2, -0.15) is 0 Å². The highest BCUT2D eigenvalue weighted by Gasteiger charge is 2.39. The van der Waals surface area contributed by atoms with Crippen LogP contribution in [0.15, 0.2) is 36.7 Å². The summed E-state index contributed by atoms with van der Waals surface area (Å²) in [4.78, 5) is 20.9. The maximum absolute atomic E-state index is 12.0. The molecule has 1 saturated heterocycles. The van der Waals surface area contributed by atoms with Crippen LogP contribution in [0.1, 0.15) is 59.4 Å². The highest BCUT2D eigenvalue weighted by Crippen LogP contribution is 2.37. The Bertz CT molecular complexity index is 999. The van der Waals surface area contributed by atoms with E-state index in [0.29, 0.717) is 12.5 Å². The summed E-state index contributed by atoms with van der Waals surface area (Å²) < 4.78 is 6.57. The van der Waals surface area contributed by atoms with Crippen LogP contribution in [0.4, 0.5) is 11.4 Å². The predicted octanol–water partition coefficient (Wildman–Crippen LogP) is 4.72. The SMILES string of the molecule is CN1C(=O)CCc2cc(-c3cncc(N4CCC[C@H]4C(C)(C)O[SiH2]C(C)(C)C)c3)ccc21. The molecule has 2 aliphatic heterocycles. The average Bonchev–Trinajstić information content (AvgIpc) is 3.26. The second-order valence-electron chi connectivity index (χ2n) is 11.0. The molecular formula is C26H37N3O2Si. The molecule has 0 radical (unpaired) electrons. The molecule has 1 fully saturated rings. The zero-order valence-electron chi connectivity index (χ0n) is 20.4. The van der Waals surface area contributed by atoms with E-state index in [4.69, 9.17) is 4.43 Å². The molecule has 1 amide bonds. The molecule has 0 unspecified atom stereocenters. The van der Waals surface area contributed by atoms with Crippen molar-refractivity contribution < 1.29 is 9.22 Å². The Hall–Kier alpha value is -2.18. The average molecular weight is 452 g/mol. The number of pyridine rings is 1. The van der Waals surface area contributed by atoms with E-state index in [1.54, 1.807) is 4.90 Å². The molecule has 0 N–H and O–H groups in total. The highest BCUT2D eigenvalue weighted by molar-refractivity contribution is 6.31. The highest BCUT2D eigenvalue weighted by atomic mass is 28.2. The van der Waals surface area contributed by atoms with Crippen molar-refractivity contribution >= 4 is 27.0 Å². The molecule has 3 heterocycles. The summed E-state index contributed by atoms with van der Waals surface area (Å²) in [5, 5.41) is 0.285. The summed E-state index contributed by atoms with van der Waals surface area (Å²) >= 11 is 0. The van der Waals surface area contributed by atoms with Crippen molar-refractivity contribution in [3.05, 3.63) is 42.2 Å². The van der Waals surface area contributed by atoms with Crippen LogP contribution in [0.2, 0.25) is 5.04 Å². The van der Waals surface area contributed by atoms with Crippen LogP contribution in [0, 0.1) is 0 Å². The van der Waals surface area contributed by atoms with Gasteiger partial charge in [0, 0.05) is 37.5 Å². The van der Waals surface area contributed by atoms with Crippen molar-refractivity contribution in [3.63, 3.8) is 0 Å². The van der Waals surface area contributed by atoms with E-state index < -0.39 is 9.76 Å². The van der Waals surface area contributed by atoms with Gasteiger partial charge in [0.2, 0.25) is 5.91 Å². The zero-order chi connectivity index (χ0) is 23.1. The number of aryl methyl sites for hydroxylation is 1. The fourth-order valence-corrected chi connectivity index (χ4v) is 5.87. The van der Waals surface area contributed by atoms with Crippen LogP contribution in [0.3, 0.4) is 0 Å². The first-order valence-corrected chi connectivity index (χ1v) is 13.1. The van der Waals surface area contributed by atoms with Crippen molar-refractivity contribution in [2.45, 2.75) is 77.0 Å². The maximum Gasteiger partial charge on any atom is 0.227 e. The lowest BCUT2D eigenvalue weighted by Gasteiger charge is -2.40. The molecule has 32 heavy (non-hydrogen) atoms. The largest absolute Gasteiger partial charge is 0.416 e. The number of aromatic nitrogens is 1. The van der Waals surface area contributed by atoms with Crippen LogP contribution in [0.5, 0.6) is 0 Å². The minimum Gasteiger partial charge on any atom is -0.416 e. The number of nitrogens with zero attached hydrogens (tertiary/aromatic N) is 3. The molecule has 4 rings (SSSR count). The van der Waals surface area contributed by atoms with E-state index in [-0.39, 0.29) is 16.5 Å². The van der Waals surface area contributed by atoms with E-state index in [9.17, 15) is 4.79 Å². The Balaban J connectivity index is 1.58. The van der Waals surface area contributed by atoms with E-state index in [1.807, 2.05) is 19.4 Å². The number of hydrogen-bond donors (Lipinski definition) is 0. The Morgan fingerprint density at radius 1 is 1.06 bits per heavy atom. The fourth-order valence-electron chi connectivity index (χ4n) is 4.88. The van der Waals surface area contributed by atoms with Gasteiger partial charge < -0.3 is 14.2 Å². The lowest BCUT2D eigenvalue weighted by Crippen LogP contribution is -2.49. The summed E-state index contributed by atoms with van der Waals surface area (Å²) in [6, 6.07) is 9.03. The topological polar surface area (TPSA) is 45.7 Å². The van der Waals surface area contributed by atoms with Crippen molar-refractivity contribution in [2.24, 2.45) is 0 Å². The van der Waals surface area contributed by atoms with E-state index in [2.05, 4.69) is 68.8 Å². The minimum absolute atomic E-state index is 0.172. The summed E-state index contributed by atoms with van der Waals surface area (Å²) in [5.41, 5.74) is 5.54. The molecule has 5 nitrogen and oxygen atoms in total. The number of fused-ring (bicyclic) bond motifs is 1. The normalized spacial score (nSPS) is 19.8. The Morgan fingerprint density at radius 3 is 2.59 bits per heavy atom. The lowest BCUT2D eigenvalue weighted by molar-refractivity contribution is -0.118. The van der Waals surface area contributed by atoms with Gasteiger partial charge in [-0.3, -0.25) is 9.78 Å². The summed E-state index contributed by atoms with van der Waals surface area (Å²) in [6.07, 6.45) is 7.64. The molecule has 2 aliphatic rings. The van der Waals surface area contributed by atoms with Gasteiger partial charge in [0.1, 0.15) is 0 Å². The van der Waals surface area contributed by atoms with Crippen molar-refractivity contribution in [2.75, 3.05) is 23.4 Å². The maximum atomic E-state index is 12.0. The van der Waals surface area contributed by atoms with Crippen LogP contribution in [0.25, 0.3) is 11.1 Å². The van der Waals surface area contributed by atoms with Gasteiger partial charge >= 0.3 is 0 Å². The van der Waals surface area contributed by atoms with Gasteiger partial charge in [0.25, 0.3) is 0 Å². The molecule has 0 spiro atoms. The lowest BCUT2D eigenvalue weighted by atomic mass is 9.95. The smallest absolute Gasteiger partial charge is 0.227 e. The molecule has 2 aromatic rings. The number of hydrogen-bond acceptors (Lipinski definition) is 4. The first-order chi connectivity index (χ1) is 15.0. The van der Waals surface area contributed by atoms with E-state index in [1.165, 1.54) is 17.7 Å². The number of amides is 1. The van der Waals surface area contributed by atoms with Gasteiger partial charge in [0.15, 0.2) is 9.76 Å². The number of anilines is 2. The fraction of sp³-hybridized carbons (Fsp3) is 0.538. The van der Waals surface area contributed by atoms with Crippen molar-refractivity contribution in [3.8, 4) is 11.1 Å². The van der Waals surface area contributed by atoms with Gasteiger partial charge in [-0.25, -0.2) is 0 Å². The van der Waals surface area contributed by atoms with Crippen molar-refractivity contribution in [1.82, 2.24) is 4.98 Å². The minimum atomic E-state index is -0.627. The third-order valence-corrected chi connectivity index (χ3v) is 8.50. The van der Waals surface area contributed by atoms with Crippen molar-refractivity contribution in [1.29, 1.82) is 0 Å². The van der Waals surface area contributed by atoms with E-state index in [0.717, 1.165) is 36.2 Å². The number of benzene rings is 1. The first-order valence-electron chi connectivity index (χ1n) is 11.8. The van der Waals surface area contributed by atoms with Gasteiger partial charge in [-0.1, -0.05) is 26.8 Å². The van der Waals surface area contributed by atoms with E-state index >= 15 is 0 Å². The number of carbonyl (C=O) groups is 1. The first kappa shape index (κ1) is 23.0. The molecular weight excluding hydrogens is 414 g/mol. The second-order valence-corrected chi connectivity index (χ2v) is 13.7. The van der Waals surface area contributed by atoms with Crippen LogP contribution in [-0.4, -0.2) is 45.9 Å². The summed E-state index contributed by atoms with van der Waals surface area (Å²) in [5.74, 6) is 0.188. The standard InChI is InChI=1S/C26H37N3O2Si/c1-25(2,3)32-31-26(4,5)23-8-7-13-29(23)21-15-20(16-27-17-21)18-9-11-22-19(14-18)10-12-24(30)28(22)6/h9,11,14-17,23H,7-8,10,12-13,32H2,1-6H3/t23-/m0/s1. The summed E-state index contributed by atoms with van der Waals surface area (Å²) in [7, 11) is 1.24. The molecule has 1 aromatic carbocycles. The van der Waals surface area contributed by atoms with Crippen LogP contribution >= 0.6 is 0 Å². The Labute approximate surface area is 195 Å². The van der Waals surface area contributed by atoms with Crippen LogP contribution < -0.4 is 9.80 Å². The number of carbonyl (C=O) groups excluding carboxylic acids is 1. The van der Waals surface area contributed by atoms with Gasteiger partial charge in [-0.15, -0.1) is 0 Å². The molecule has 0 bridgehead atoms. The molecule has 1 aromatic heterocycles. The summed E-state index contributed by atoms with van der Waals surface area (Å²) in [6.45, 7) is 12.4. The second kappa shape index (κ2) is 8.63. The van der Waals surface area contributed by atoms with Gasteiger partial charge in [-0.05, 0) is 67.5 Å². The molecule has 172 valence electrons.